The van der Waals surface area contributed by atoms with Crippen LogP contribution in [0.3, 0.4) is 0 Å². The summed E-state index contributed by atoms with van der Waals surface area (Å²) in [6.45, 7) is 1.59. The molecule has 2 rings (SSSR count). The fraction of sp³-hybridized carbons (Fsp3) is 0.500. The van der Waals surface area contributed by atoms with E-state index in [1.165, 1.54) is 7.11 Å². The molecular weight excluding hydrogens is 344 g/mol. The summed E-state index contributed by atoms with van der Waals surface area (Å²) in [6, 6.07) is 6.65. The van der Waals surface area contributed by atoms with Crippen molar-refractivity contribution >= 4 is 29.4 Å². The van der Waals surface area contributed by atoms with Crippen LogP contribution in [0.15, 0.2) is 24.3 Å². The van der Waals surface area contributed by atoms with Gasteiger partial charge in [0.2, 0.25) is 5.91 Å². The number of piperidine rings is 1. The molecule has 136 valence electrons. The van der Waals surface area contributed by atoms with Crippen molar-refractivity contribution in [3.63, 3.8) is 0 Å². The second-order valence-corrected chi connectivity index (χ2v) is 6.48. The van der Waals surface area contributed by atoms with E-state index in [1.54, 1.807) is 29.2 Å². The smallest absolute Gasteiger partial charge is 0.308 e. The second kappa shape index (κ2) is 9.42. The normalized spacial score (nSPS) is 14.9. The topological polar surface area (TPSA) is 75.7 Å². The summed E-state index contributed by atoms with van der Waals surface area (Å²) in [4.78, 5) is 37.4. The first-order valence-corrected chi connectivity index (χ1v) is 8.78. The quantitative estimate of drug-likeness (QED) is 0.619. The number of rotatable bonds is 6. The van der Waals surface area contributed by atoms with Gasteiger partial charge < -0.3 is 15.0 Å². The van der Waals surface area contributed by atoms with Crippen LogP contribution in [0.5, 0.6) is 0 Å². The SMILES string of the molecule is COC(=O)C1CCN(C(=O)CCCNC(=O)c2ccc(Cl)cc2)CC1. The van der Waals surface area contributed by atoms with Crippen molar-refractivity contribution in [1.82, 2.24) is 10.2 Å². The lowest BCUT2D eigenvalue weighted by Gasteiger charge is -2.30. The number of hydrogen-bond donors (Lipinski definition) is 1. The van der Waals surface area contributed by atoms with E-state index in [9.17, 15) is 14.4 Å². The second-order valence-electron chi connectivity index (χ2n) is 6.04. The number of esters is 1. The number of methoxy groups -OCH3 is 1. The molecular formula is C18H23ClN2O4. The van der Waals surface area contributed by atoms with Crippen molar-refractivity contribution in [3.05, 3.63) is 34.9 Å². The van der Waals surface area contributed by atoms with Crippen molar-refractivity contribution in [2.75, 3.05) is 26.7 Å². The molecule has 7 heteroatoms. The number of likely N-dealkylation sites (tertiary alicyclic amines) is 1. The van der Waals surface area contributed by atoms with Gasteiger partial charge in [-0.15, -0.1) is 0 Å². The third-order valence-corrected chi connectivity index (χ3v) is 4.59. The summed E-state index contributed by atoms with van der Waals surface area (Å²) >= 11 is 5.79. The van der Waals surface area contributed by atoms with Gasteiger partial charge in [0.15, 0.2) is 0 Å². The molecule has 0 unspecified atom stereocenters. The van der Waals surface area contributed by atoms with Crippen molar-refractivity contribution in [3.8, 4) is 0 Å². The van der Waals surface area contributed by atoms with E-state index in [0.29, 0.717) is 55.9 Å². The Morgan fingerprint density at radius 2 is 1.84 bits per heavy atom. The predicted molar refractivity (Wildman–Crippen MR) is 94.3 cm³/mol. The minimum absolute atomic E-state index is 0.0593. The lowest BCUT2D eigenvalue weighted by Crippen LogP contribution is -2.40. The highest BCUT2D eigenvalue weighted by Gasteiger charge is 2.27. The highest BCUT2D eigenvalue weighted by atomic mass is 35.5. The number of carbonyl (C=O) groups is 3. The van der Waals surface area contributed by atoms with E-state index >= 15 is 0 Å². The van der Waals surface area contributed by atoms with Gasteiger partial charge in [0.1, 0.15) is 0 Å². The van der Waals surface area contributed by atoms with Gasteiger partial charge in [0.05, 0.1) is 13.0 Å². The standard InChI is InChI=1S/C18H23ClN2O4/c1-25-18(24)14-8-11-21(12-9-14)16(22)3-2-10-20-17(23)13-4-6-15(19)7-5-13/h4-7,14H,2-3,8-12H2,1H3,(H,20,23). The molecule has 0 atom stereocenters. The first-order valence-electron chi connectivity index (χ1n) is 8.40. The van der Waals surface area contributed by atoms with Gasteiger partial charge >= 0.3 is 5.97 Å². The molecule has 1 fully saturated rings. The maximum absolute atomic E-state index is 12.2. The summed E-state index contributed by atoms with van der Waals surface area (Å²) in [5, 5.41) is 3.37. The largest absolute Gasteiger partial charge is 0.469 e. The summed E-state index contributed by atoms with van der Waals surface area (Å²) < 4.78 is 4.74. The van der Waals surface area contributed by atoms with Crippen LogP contribution in [0.2, 0.25) is 5.02 Å². The van der Waals surface area contributed by atoms with Crippen molar-refractivity contribution in [1.29, 1.82) is 0 Å². The van der Waals surface area contributed by atoms with Crippen LogP contribution in [0.1, 0.15) is 36.0 Å². The van der Waals surface area contributed by atoms with Crippen molar-refractivity contribution < 1.29 is 19.1 Å². The molecule has 6 nitrogen and oxygen atoms in total. The Labute approximate surface area is 152 Å². The molecule has 0 aliphatic carbocycles. The summed E-state index contributed by atoms with van der Waals surface area (Å²) in [5.74, 6) is -0.420. The Morgan fingerprint density at radius 1 is 1.20 bits per heavy atom. The third kappa shape index (κ3) is 5.74. The zero-order chi connectivity index (χ0) is 18.2. The number of ether oxygens (including phenoxy) is 1. The average Bonchev–Trinajstić information content (AvgIpc) is 2.65. The molecule has 1 heterocycles. The third-order valence-electron chi connectivity index (χ3n) is 4.34. The number of amides is 2. The molecule has 1 N–H and O–H groups in total. The molecule has 0 aromatic heterocycles. The van der Waals surface area contributed by atoms with Gasteiger partial charge in [-0.2, -0.15) is 0 Å². The molecule has 0 bridgehead atoms. The first-order chi connectivity index (χ1) is 12.0. The molecule has 0 radical (unpaired) electrons. The maximum Gasteiger partial charge on any atom is 0.308 e. The fourth-order valence-corrected chi connectivity index (χ4v) is 2.96. The Hall–Kier alpha value is -2.08. The van der Waals surface area contributed by atoms with E-state index < -0.39 is 0 Å². The monoisotopic (exact) mass is 366 g/mol. The fourth-order valence-electron chi connectivity index (χ4n) is 2.83. The van der Waals surface area contributed by atoms with Gasteiger partial charge in [-0.05, 0) is 43.5 Å². The minimum atomic E-state index is -0.197. The van der Waals surface area contributed by atoms with Crippen LogP contribution < -0.4 is 5.32 Å². The number of nitrogens with zero attached hydrogens (tertiary/aromatic N) is 1. The number of hydrogen-bond acceptors (Lipinski definition) is 4. The highest BCUT2D eigenvalue weighted by molar-refractivity contribution is 6.30. The Morgan fingerprint density at radius 3 is 2.44 bits per heavy atom. The van der Waals surface area contributed by atoms with Gasteiger partial charge in [-0.1, -0.05) is 11.6 Å². The van der Waals surface area contributed by atoms with Gasteiger partial charge in [0, 0.05) is 36.6 Å². The van der Waals surface area contributed by atoms with Crippen LogP contribution in [0.25, 0.3) is 0 Å². The van der Waals surface area contributed by atoms with Crippen LogP contribution in [-0.4, -0.2) is 49.4 Å². The molecule has 25 heavy (non-hydrogen) atoms. The molecule has 1 aliphatic rings. The first kappa shape index (κ1) is 19.2. The predicted octanol–water partition coefficient (Wildman–Crippen LogP) is 2.26. The summed E-state index contributed by atoms with van der Waals surface area (Å²) in [7, 11) is 1.39. The van der Waals surface area contributed by atoms with E-state index in [4.69, 9.17) is 16.3 Å². The molecule has 1 saturated heterocycles. The van der Waals surface area contributed by atoms with Crippen molar-refractivity contribution in [2.24, 2.45) is 5.92 Å². The van der Waals surface area contributed by atoms with Crippen LogP contribution >= 0.6 is 11.6 Å². The van der Waals surface area contributed by atoms with Crippen LogP contribution in [0.4, 0.5) is 0 Å². The van der Waals surface area contributed by atoms with Gasteiger partial charge in [-0.3, -0.25) is 14.4 Å². The highest BCUT2D eigenvalue weighted by Crippen LogP contribution is 2.19. The zero-order valence-corrected chi connectivity index (χ0v) is 15.1. The van der Waals surface area contributed by atoms with Crippen LogP contribution in [-0.2, 0) is 14.3 Å². The minimum Gasteiger partial charge on any atom is -0.469 e. The molecule has 1 aliphatic heterocycles. The maximum atomic E-state index is 12.2. The van der Waals surface area contributed by atoms with Gasteiger partial charge in [0.25, 0.3) is 5.91 Å². The van der Waals surface area contributed by atoms with E-state index in [1.807, 2.05) is 0 Å². The Balaban J connectivity index is 1.65. The van der Waals surface area contributed by atoms with Gasteiger partial charge in [-0.25, -0.2) is 0 Å². The van der Waals surface area contributed by atoms with Crippen LogP contribution in [0, 0.1) is 5.92 Å². The lowest BCUT2D eigenvalue weighted by atomic mass is 9.97. The van der Waals surface area contributed by atoms with Crippen molar-refractivity contribution in [2.45, 2.75) is 25.7 Å². The molecule has 1 aromatic rings. The average molecular weight is 367 g/mol. The number of benzene rings is 1. The molecule has 0 spiro atoms. The Bertz CT molecular complexity index is 610. The molecule has 0 saturated carbocycles. The van der Waals surface area contributed by atoms with E-state index in [-0.39, 0.29) is 23.7 Å². The zero-order valence-electron chi connectivity index (χ0n) is 14.3. The summed E-state index contributed by atoms with van der Waals surface area (Å²) in [5.41, 5.74) is 0.542. The van der Waals surface area contributed by atoms with E-state index in [2.05, 4.69) is 5.32 Å². The number of nitrogens with one attached hydrogen (secondary N) is 1. The lowest BCUT2D eigenvalue weighted by molar-refractivity contribution is -0.148. The molecule has 1 aromatic carbocycles. The molecule has 2 amide bonds. The number of halogens is 1. The van der Waals surface area contributed by atoms with E-state index in [0.717, 1.165) is 0 Å². The number of carbonyl (C=O) groups excluding carboxylic acids is 3. The summed E-state index contributed by atoms with van der Waals surface area (Å²) in [6.07, 6.45) is 2.25. The Kier molecular flexibility index (Phi) is 7.25.